The lowest BCUT2D eigenvalue weighted by atomic mass is 10.00. The molecule has 0 fully saturated rings. The summed E-state index contributed by atoms with van der Waals surface area (Å²) in [6.07, 6.45) is 4.00. The maximum Gasteiger partial charge on any atom is -0.00493 e. The number of nitrogens with one attached hydrogen (secondary N) is 1. The Kier molecular flexibility index (Phi) is 15.5. The number of rotatable bonds is 5. The van der Waals surface area contributed by atoms with Crippen LogP contribution in [0.15, 0.2) is 0 Å². The number of hydrogen-bond donors (Lipinski definition) is 1. The zero-order chi connectivity index (χ0) is 9.11. The van der Waals surface area contributed by atoms with Crippen LogP contribution in [-0.4, -0.2) is 13.6 Å². The van der Waals surface area contributed by atoms with Gasteiger partial charge in [0.05, 0.1) is 0 Å². The predicted octanol–water partition coefficient (Wildman–Crippen LogP) is 3.06. The van der Waals surface area contributed by atoms with Gasteiger partial charge in [0, 0.05) is 0 Å². The minimum absolute atomic E-state index is 0.942. The monoisotopic (exact) mass is 159 g/mol. The molecular formula is C10H25N. The topological polar surface area (TPSA) is 12.0 Å². The van der Waals surface area contributed by atoms with Crippen molar-refractivity contribution in [2.24, 2.45) is 5.92 Å². The molecule has 0 aliphatic rings. The van der Waals surface area contributed by atoms with E-state index in [9.17, 15) is 0 Å². The molecule has 0 bridgehead atoms. The van der Waals surface area contributed by atoms with E-state index in [1.807, 2.05) is 20.9 Å². The second-order valence-corrected chi connectivity index (χ2v) is 2.57. The van der Waals surface area contributed by atoms with E-state index in [0.29, 0.717) is 0 Å². The molecule has 0 atom stereocenters. The van der Waals surface area contributed by atoms with Crippen molar-refractivity contribution in [3.05, 3.63) is 0 Å². The molecule has 0 radical (unpaired) electrons. The van der Waals surface area contributed by atoms with E-state index in [-0.39, 0.29) is 0 Å². The SMILES string of the molecule is CC.CCC(CC)CCNC. The van der Waals surface area contributed by atoms with Crippen LogP contribution >= 0.6 is 0 Å². The zero-order valence-electron chi connectivity index (χ0n) is 8.91. The van der Waals surface area contributed by atoms with Gasteiger partial charge in [-0.1, -0.05) is 40.5 Å². The zero-order valence-corrected chi connectivity index (χ0v) is 8.91. The van der Waals surface area contributed by atoms with Crippen molar-refractivity contribution in [2.75, 3.05) is 13.6 Å². The minimum atomic E-state index is 0.942. The largest absolute Gasteiger partial charge is 0.320 e. The Morgan fingerprint density at radius 1 is 1.09 bits per heavy atom. The molecule has 0 aliphatic carbocycles. The maximum absolute atomic E-state index is 3.17. The van der Waals surface area contributed by atoms with Gasteiger partial charge in [0.25, 0.3) is 0 Å². The summed E-state index contributed by atoms with van der Waals surface area (Å²) in [7, 11) is 2.02. The second kappa shape index (κ2) is 12.6. The number of hydrogen-bond acceptors (Lipinski definition) is 1. The molecule has 11 heavy (non-hydrogen) atoms. The van der Waals surface area contributed by atoms with Gasteiger partial charge in [-0.3, -0.25) is 0 Å². The van der Waals surface area contributed by atoms with Crippen LogP contribution in [0.25, 0.3) is 0 Å². The van der Waals surface area contributed by atoms with E-state index in [2.05, 4.69) is 19.2 Å². The van der Waals surface area contributed by atoms with Gasteiger partial charge in [-0.15, -0.1) is 0 Å². The maximum atomic E-state index is 3.17. The highest BCUT2D eigenvalue weighted by Gasteiger charge is 2.00. The van der Waals surface area contributed by atoms with Crippen LogP contribution in [0.1, 0.15) is 47.0 Å². The van der Waals surface area contributed by atoms with Crippen LogP contribution in [0.4, 0.5) is 0 Å². The van der Waals surface area contributed by atoms with E-state index >= 15 is 0 Å². The van der Waals surface area contributed by atoms with Crippen LogP contribution < -0.4 is 5.32 Å². The van der Waals surface area contributed by atoms with E-state index in [0.717, 1.165) is 5.92 Å². The van der Waals surface area contributed by atoms with Gasteiger partial charge in [0.15, 0.2) is 0 Å². The molecule has 1 N–H and O–H groups in total. The minimum Gasteiger partial charge on any atom is -0.320 e. The Morgan fingerprint density at radius 3 is 1.82 bits per heavy atom. The lowest BCUT2D eigenvalue weighted by Gasteiger charge is -2.10. The highest BCUT2D eigenvalue weighted by atomic mass is 14.8. The first-order valence-corrected chi connectivity index (χ1v) is 4.99. The molecule has 0 saturated carbocycles. The lowest BCUT2D eigenvalue weighted by molar-refractivity contribution is 0.448. The first kappa shape index (κ1) is 13.5. The standard InChI is InChI=1S/C8H19N.C2H6/c1-4-8(5-2)6-7-9-3;1-2/h8-9H,4-7H2,1-3H3;1-2H3. The van der Waals surface area contributed by atoms with E-state index in [1.54, 1.807) is 0 Å². The van der Waals surface area contributed by atoms with E-state index < -0.39 is 0 Å². The van der Waals surface area contributed by atoms with Crippen molar-refractivity contribution >= 4 is 0 Å². The van der Waals surface area contributed by atoms with Gasteiger partial charge in [-0.25, -0.2) is 0 Å². The quantitative estimate of drug-likeness (QED) is 0.650. The summed E-state index contributed by atoms with van der Waals surface area (Å²) in [5, 5.41) is 3.17. The molecule has 1 nitrogen and oxygen atoms in total. The fourth-order valence-corrected chi connectivity index (χ4v) is 1.05. The Bertz CT molecular complexity index is 48.8. The van der Waals surface area contributed by atoms with Crippen molar-refractivity contribution in [3.8, 4) is 0 Å². The molecule has 0 aromatic rings. The van der Waals surface area contributed by atoms with E-state index in [1.165, 1.54) is 25.8 Å². The Hall–Kier alpha value is -0.0400. The molecule has 0 aliphatic heterocycles. The normalized spacial score (nSPS) is 9.27. The molecule has 0 amide bonds. The third-order valence-electron chi connectivity index (χ3n) is 1.96. The first-order valence-electron chi connectivity index (χ1n) is 4.99. The van der Waals surface area contributed by atoms with Crippen molar-refractivity contribution in [1.82, 2.24) is 5.32 Å². The summed E-state index contributed by atoms with van der Waals surface area (Å²) in [6.45, 7) is 9.71. The molecule has 70 valence electrons. The summed E-state index contributed by atoms with van der Waals surface area (Å²) in [4.78, 5) is 0. The molecule has 0 spiro atoms. The third-order valence-corrected chi connectivity index (χ3v) is 1.96. The second-order valence-electron chi connectivity index (χ2n) is 2.57. The molecule has 0 saturated heterocycles. The van der Waals surface area contributed by atoms with Gasteiger partial charge in [0.1, 0.15) is 0 Å². The molecule has 0 heterocycles. The summed E-state index contributed by atoms with van der Waals surface area (Å²) in [5.74, 6) is 0.942. The summed E-state index contributed by atoms with van der Waals surface area (Å²) < 4.78 is 0. The van der Waals surface area contributed by atoms with Crippen molar-refractivity contribution in [1.29, 1.82) is 0 Å². The highest BCUT2D eigenvalue weighted by Crippen LogP contribution is 2.10. The van der Waals surface area contributed by atoms with Gasteiger partial charge in [-0.05, 0) is 25.9 Å². The summed E-state index contributed by atoms with van der Waals surface area (Å²) >= 11 is 0. The van der Waals surface area contributed by atoms with Crippen LogP contribution in [-0.2, 0) is 0 Å². The van der Waals surface area contributed by atoms with Gasteiger partial charge in [0.2, 0.25) is 0 Å². The summed E-state index contributed by atoms with van der Waals surface area (Å²) in [5.41, 5.74) is 0. The van der Waals surface area contributed by atoms with E-state index in [4.69, 9.17) is 0 Å². The van der Waals surface area contributed by atoms with Crippen LogP contribution in [0.2, 0.25) is 0 Å². The van der Waals surface area contributed by atoms with Crippen molar-refractivity contribution < 1.29 is 0 Å². The molecular weight excluding hydrogens is 134 g/mol. The van der Waals surface area contributed by atoms with Gasteiger partial charge >= 0.3 is 0 Å². The molecule has 1 heteroatoms. The average molecular weight is 159 g/mol. The summed E-state index contributed by atoms with van der Waals surface area (Å²) in [6, 6.07) is 0. The van der Waals surface area contributed by atoms with Crippen LogP contribution in [0, 0.1) is 5.92 Å². The first-order chi connectivity index (χ1) is 5.35. The molecule has 0 aromatic carbocycles. The van der Waals surface area contributed by atoms with Crippen molar-refractivity contribution in [2.45, 2.75) is 47.0 Å². The Labute approximate surface area is 72.6 Å². The van der Waals surface area contributed by atoms with Crippen molar-refractivity contribution in [3.63, 3.8) is 0 Å². The Morgan fingerprint density at radius 2 is 1.55 bits per heavy atom. The third kappa shape index (κ3) is 9.96. The molecule has 0 rings (SSSR count). The smallest absolute Gasteiger partial charge is 0.00493 e. The molecule has 0 unspecified atom stereocenters. The van der Waals surface area contributed by atoms with Crippen LogP contribution in [0.3, 0.4) is 0 Å². The van der Waals surface area contributed by atoms with Gasteiger partial charge in [-0.2, -0.15) is 0 Å². The fourth-order valence-electron chi connectivity index (χ4n) is 1.05. The van der Waals surface area contributed by atoms with Crippen LogP contribution in [0.5, 0.6) is 0 Å². The predicted molar refractivity (Wildman–Crippen MR) is 54.0 cm³/mol. The molecule has 0 aromatic heterocycles. The van der Waals surface area contributed by atoms with Gasteiger partial charge < -0.3 is 5.32 Å². The lowest BCUT2D eigenvalue weighted by Crippen LogP contribution is -2.12. The fraction of sp³-hybridized carbons (Fsp3) is 1.00. The average Bonchev–Trinajstić information content (AvgIpc) is 2.10. The highest BCUT2D eigenvalue weighted by molar-refractivity contribution is 4.55. The Balaban J connectivity index is 0.